The zero-order valence-corrected chi connectivity index (χ0v) is 15.9. The second-order valence-electron chi connectivity index (χ2n) is 6.78. The van der Waals surface area contributed by atoms with Crippen molar-refractivity contribution in [1.29, 1.82) is 0 Å². The smallest absolute Gasteiger partial charge is 0.227 e. The van der Waals surface area contributed by atoms with Crippen LogP contribution in [0.5, 0.6) is 5.75 Å². The molecule has 2 amide bonds. The standard InChI is InChI=1S/C22H26N2O3/c1-3-16-8-10-19(11-9-16)24-15-18(14-21(24)25)22(26)23-13-12-17-6-4-5-7-20(17)27-2/h4-11,18H,3,12-15H2,1-2H3,(H,23,26)/t18-/m1/s1. The second kappa shape index (κ2) is 8.71. The van der Waals surface area contributed by atoms with Gasteiger partial charge < -0.3 is 15.0 Å². The molecule has 0 bridgehead atoms. The molecule has 2 aromatic rings. The third kappa shape index (κ3) is 4.48. The second-order valence-corrected chi connectivity index (χ2v) is 6.78. The number of hydrogen-bond acceptors (Lipinski definition) is 3. The predicted molar refractivity (Wildman–Crippen MR) is 106 cm³/mol. The van der Waals surface area contributed by atoms with Gasteiger partial charge in [0.25, 0.3) is 0 Å². The molecule has 0 aliphatic carbocycles. The van der Waals surface area contributed by atoms with Crippen LogP contribution >= 0.6 is 0 Å². The van der Waals surface area contributed by atoms with Crippen LogP contribution in [0.2, 0.25) is 0 Å². The minimum Gasteiger partial charge on any atom is -0.496 e. The largest absolute Gasteiger partial charge is 0.496 e. The first kappa shape index (κ1) is 19.0. The van der Waals surface area contributed by atoms with Crippen molar-refractivity contribution in [2.45, 2.75) is 26.2 Å². The molecule has 0 aromatic heterocycles. The molecule has 0 spiro atoms. The fraction of sp³-hybridized carbons (Fsp3) is 0.364. The Balaban J connectivity index is 1.54. The van der Waals surface area contributed by atoms with Gasteiger partial charge in [0.15, 0.2) is 0 Å². The van der Waals surface area contributed by atoms with E-state index >= 15 is 0 Å². The fourth-order valence-electron chi connectivity index (χ4n) is 3.42. The van der Waals surface area contributed by atoms with Crippen molar-refractivity contribution >= 4 is 17.5 Å². The highest BCUT2D eigenvalue weighted by Gasteiger charge is 2.34. The Bertz CT molecular complexity index is 801. The van der Waals surface area contributed by atoms with Gasteiger partial charge in [-0.15, -0.1) is 0 Å². The van der Waals surface area contributed by atoms with Gasteiger partial charge in [0, 0.05) is 25.2 Å². The Kier molecular flexibility index (Phi) is 6.12. The zero-order valence-electron chi connectivity index (χ0n) is 15.9. The number of carbonyl (C=O) groups is 2. The summed E-state index contributed by atoms with van der Waals surface area (Å²) in [5.41, 5.74) is 3.15. The molecule has 1 atom stereocenters. The third-order valence-electron chi connectivity index (χ3n) is 5.04. The maximum absolute atomic E-state index is 12.5. The van der Waals surface area contributed by atoms with Crippen LogP contribution < -0.4 is 15.0 Å². The third-order valence-corrected chi connectivity index (χ3v) is 5.04. The van der Waals surface area contributed by atoms with Crippen molar-refractivity contribution < 1.29 is 14.3 Å². The number of para-hydroxylation sites is 1. The highest BCUT2D eigenvalue weighted by Crippen LogP contribution is 2.25. The number of anilines is 1. The lowest BCUT2D eigenvalue weighted by molar-refractivity contribution is -0.126. The predicted octanol–water partition coefficient (Wildman–Crippen LogP) is 2.97. The Morgan fingerprint density at radius 1 is 1.19 bits per heavy atom. The fourth-order valence-corrected chi connectivity index (χ4v) is 3.42. The number of rotatable bonds is 7. The van der Waals surface area contributed by atoms with E-state index in [1.807, 2.05) is 48.5 Å². The zero-order chi connectivity index (χ0) is 19.2. The number of hydrogen-bond donors (Lipinski definition) is 1. The molecule has 3 rings (SSSR count). The van der Waals surface area contributed by atoms with E-state index in [1.165, 1.54) is 5.56 Å². The van der Waals surface area contributed by atoms with E-state index in [0.717, 1.165) is 23.4 Å². The average Bonchev–Trinajstić information content (AvgIpc) is 3.10. The maximum atomic E-state index is 12.5. The summed E-state index contributed by atoms with van der Waals surface area (Å²) in [6.07, 6.45) is 1.92. The van der Waals surface area contributed by atoms with Crippen molar-refractivity contribution in [3.8, 4) is 5.75 Å². The van der Waals surface area contributed by atoms with E-state index in [9.17, 15) is 9.59 Å². The SMILES string of the molecule is CCc1ccc(N2C[C@H](C(=O)NCCc3ccccc3OC)CC2=O)cc1. The van der Waals surface area contributed by atoms with Gasteiger partial charge in [-0.1, -0.05) is 37.3 Å². The quantitative estimate of drug-likeness (QED) is 0.820. The number of nitrogens with zero attached hydrogens (tertiary/aromatic N) is 1. The molecule has 1 aliphatic rings. The summed E-state index contributed by atoms with van der Waals surface area (Å²) in [5, 5.41) is 2.96. The number of methoxy groups -OCH3 is 1. The Morgan fingerprint density at radius 2 is 1.93 bits per heavy atom. The summed E-state index contributed by atoms with van der Waals surface area (Å²) in [4.78, 5) is 26.6. The summed E-state index contributed by atoms with van der Waals surface area (Å²) in [7, 11) is 1.64. The first-order valence-electron chi connectivity index (χ1n) is 9.41. The van der Waals surface area contributed by atoms with Crippen LogP contribution in [0.15, 0.2) is 48.5 Å². The molecule has 1 saturated heterocycles. The monoisotopic (exact) mass is 366 g/mol. The normalized spacial score (nSPS) is 16.4. The van der Waals surface area contributed by atoms with Crippen LogP contribution in [0, 0.1) is 5.92 Å². The van der Waals surface area contributed by atoms with E-state index in [2.05, 4.69) is 12.2 Å². The molecule has 5 nitrogen and oxygen atoms in total. The van der Waals surface area contributed by atoms with Gasteiger partial charge in [-0.3, -0.25) is 9.59 Å². The minimum absolute atomic E-state index is 0.00382. The molecule has 5 heteroatoms. The number of amides is 2. The Morgan fingerprint density at radius 3 is 2.63 bits per heavy atom. The molecule has 0 radical (unpaired) electrons. The minimum atomic E-state index is -0.305. The molecular formula is C22H26N2O3. The van der Waals surface area contributed by atoms with E-state index in [4.69, 9.17) is 4.74 Å². The molecule has 142 valence electrons. The number of carbonyl (C=O) groups excluding carboxylic acids is 2. The van der Waals surface area contributed by atoms with Crippen molar-refractivity contribution in [3.63, 3.8) is 0 Å². The Hall–Kier alpha value is -2.82. The van der Waals surface area contributed by atoms with Gasteiger partial charge in [-0.05, 0) is 42.2 Å². The lowest BCUT2D eigenvalue weighted by Crippen LogP contribution is -2.34. The van der Waals surface area contributed by atoms with Crippen LogP contribution in [0.4, 0.5) is 5.69 Å². The van der Waals surface area contributed by atoms with Gasteiger partial charge in [0.2, 0.25) is 11.8 Å². The van der Waals surface area contributed by atoms with Crippen molar-refractivity contribution in [2.75, 3.05) is 25.1 Å². The summed E-state index contributed by atoms with van der Waals surface area (Å²) in [6, 6.07) is 15.8. The summed E-state index contributed by atoms with van der Waals surface area (Å²) >= 11 is 0. The van der Waals surface area contributed by atoms with E-state index in [0.29, 0.717) is 19.5 Å². The van der Waals surface area contributed by atoms with Gasteiger partial charge >= 0.3 is 0 Å². The number of benzene rings is 2. The van der Waals surface area contributed by atoms with Crippen LogP contribution in [0.3, 0.4) is 0 Å². The number of ether oxygens (including phenoxy) is 1. The first-order valence-corrected chi connectivity index (χ1v) is 9.41. The lowest BCUT2D eigenvalue weighted by atomic mass is 10.1. The molecule has 1 heterocycles. The van der Waals surface area contributed by atoms with Crippen LogP contribution in [0.25, 0.3) is 0 Å². The van der Waals surface area contributed by atoms with Gasteiger partial charge in [-0.25, -0.2) is 0 Å². The number of nitrogens with one attached hydrogen (secondary N) is 1. The molecule has 1 N–H and O–H groups in total. The van der Waals surface area contributed by atoms with E-state index in [-0.39, 0.29) is 24.2 Å². The molecule has 27 heavy (non-hydrogen) atoms. The molecule has 0 unspecified atom stereocenters. The maximum Gasteiger partial charge on any atom is 0.227 e. The highest BCUT2D eigenvalue weighted by molar-refractivity contribution is 6.00. The molecular weight excluding hydrogens is 340 g/mol. The molecule has 1 fully saturated rings. The van der Waals surface area contributed by atoms with Gasteiger partial charge in [-0.2, -0.15) is 0 Å². The average molecular weight is 366 g/mol. The molecule has 2 aromatic carbocycles. The van der Waals surface area contributed by atoms with Crippen LogP contribution in [0.1, 0.15) is 24.5 Å². The van der Waals surface area contributed by atoms with Gasteiger partial charge in [0.05, 0.1) is 13.0 Å². The number of aryl methyl sites for hydroxylation is 1. The van der Waals surface area contributed by atoms with Crippen LogP contribution in [-0.4, -0.2) is 32.0 Å². The van der Waals surface area contributed by atoms with E-state index < -0.39 is 0 Å². The summed E-state index contributed by atoms with van der Waals surface area (Å²) in [5.74, 6) is 0.459. The molecule has 0 saturated carbocycles. The molecule has 1 aliphatic heterocycles. The summed E-state index contributed by atoms with van der Waals surface area (Å²) < 4.78 is 5.33. The Labute approximate surface area is 160 Å². The lowest BCUT2D eigenvalue weighted by Gasteiger charge is -2.17. The highest BCUT2D eigenvalue weighted by atomic mass is 16.5. The topological polar surface area (TPSA) is 58.6 Å². The van der Waals surface area contributed by atoms with Gasteiger partial charge in [0.1, 0.15) is 5.75 Å². The van der Waals surface area contributed by atoms with E-state index in [1.54, 1.807) is 12.0 Å². The van der Waals surface area contributed by atoms with Crippen LogP contribution in [-0.2, 0) is 22.4 Å². The van der Waals surface area contributed by atoms with Crippen molar-refractivity contribution in [3.05, 3.63) is 59.7 Å². The first-order chi connectivity index (χ1) is 13.1. The summed E-state index contributed by atoms with van der Waals surface area (Å²) in [6.45, 7) is 3.06. The van der Waals surface area contributed by atoms with Crippen molar-refractivity contribution in [1.82, 2.24) is 5.32 Å². The van der Waals surface area contributed by atoms with Crippen molar-refractivity contribution in [2.24, 2.45) is 5.92 Å².